The van der Waals surface area contributed by atoms with Gasteiger partial charge in [0.2, 0.25) is 10.0 Å². The van der Waals surface area contributed by atoms with E-state index in [1.54, 1.807) is 6.07 Å². The van der Waals surface area contributed by atoms with Gasteiger partial charge in [-0.05, 0) is 37.9 Å². The molecule has 8 heteroatoms. The fourth-order valence-electron chi connectivity index (χ4n) is 3.03. The van der Waals surface area contributed by atoms with E-state index in [9.17, 15) is 8.42 Å². The molecule has 0 radical (unpaired) electrons. The maximum atomic E-state index is 12.6. The molecule has 0 amide bonds. The second-order valence-corrected chi connectivity index (χ2v) is 8.34. The molecule has 2 aliphatic rings. The Morgan fingerprint density at radius 2 is 2.09 bits per heavy atom. The standard InChI is InChI=1S/C15H21ClN2O3S.ClH/c1-9-3-4-17-8-14(9)18-22(19,20)12-6-11-5-10(2)21-15(11)13(16)7-12;/h6-7,9-10,14,17-18H,3-5,8H2,1-2H3;1H. The Kier molecular flexibility index (Phi) is 5.85. The monoisotopic (exact) mass is 380 g/mol. The van der Waals surface area contributed by atoms with Gasteiger partial charge in [-0.2, -0.15) is 0 Å². The van der Waals surface area contributed by atoms with Gasteiger partial charge in [0, 0.05) is 24.6 Å². The van der Waals surface area contributed by atoms with Crippen LogP contribution in [0.3, 0.4) is 0 Å². The van der Waals surface area contributed by atoms with Gasteiger partial charge in [-0.15, -0.1) is 12.4 Å². The van der Waals surface area contributed by atoms with E-state index in [1.165, 1.54) is 6.07 Å². The van der Waals surface area contributed by atoms with Gasteiger partial charge >= 0.3 is 0 Å². The van der Waals surface area contributed by atoms with Crippen molar-refractivity contribution in [2.75, 3.05) is 13.1 Å². The lowest BCUT2D eigenvalue weighted by Crippen LogP contribution is -2.50. The van der Waals surface area contributed by atoms with E-state index < -0.39 is 10.0 Å². The van der Waals surface area contributed by atoms with Gasteiger partial charge in [-0.3, -0.25) is 0 Å². The summed E-state index contributed by atoms with van der Waals surface area (Å²) in [5.74, 6) is 0.921. The summed E-state index contributed by atoms with van der Waals surface area (Å²) >= 11 is 6.19. The van der Waals surface area contributed by atoms with Crippen LogP contribution in [0.2, 0.25) is 5.02 Å². The Morgan fingerprint density at radius 1 is 1.35 bits per heavy atom. The lowest BCUT2D eigenvalue weighted by Gasteiger charge is -2.30. The Morgan fingerprint density at radius 3 is 2.78 bits per heavy atom. The number of fused-ring (bicyclic) bond motifs is 1. The van der Waals surface area contributed by atoms with Crippen LogP contribution in [0.4, 0.5) is 0 Å². The summed E-state index contributed by atoms with van der Waals surface area (Å²) in [5, 5.41) is 3.58. The third-order valence-corrected chi connectivity index (χ3v) is 6.11. The maximum Gasteiger partial charge on any atom is 0.240 e. The molecule has 0 aliphatic carbocycles. The number of benzene rings is 1. The number of hydrogen-bond acceptors (Lipinski definition) is 4. The highest BCUT2D eigenvalue weighted by Gasteiger charge is 2.29. The van der Waals surface area contributed by atoms with Crippen molar-refractivity contribution < 1.29 is 13.2 Å². The molecule has 1 aromatic carbocycles. The van der Waals surface area contributed by atoms with E-state index >= 15 is 0 Å². The summed E-state index contributed by atoms with van der Waals surface area (Å²) in [6.07, 6.45) is 1.67. The van der Waals surface area contributed by atoms with Crippen LogP contribution in [-0.4, -0.2) is 33.7 Å². The summed E-state index contributed by atoms with van der Waals surface area (Å²) in [5.41, 5.74) is 0.857. The fraction of sp³-hybridized carbons (Fsp3) is 0.600. The van der Waals surface area contributed by atoms with Gasteiger partial charge in [0.25, 0.3) is 0 Å². The molecule has 0 aromatic heterocycles. The Hall–Kier alpha value is -0.530. The number of hydrogen-bond donors (Lipinski definition) is 2. The van der Waals surface area contributed by atoms with Crippen molar-refractivity contribution in [1.29, 1.82) is 0 Å². The van der Waals surface area contributed by atoms with Gasteiger partial charge in [0.15, 0.2) is 0 Å². The Labute approximate surface area is 148 Å². The van der Waals surface area contributed by atoms with Crippen molar-refractivity contribution in [3.05, 3.63) is 22.7 Å². The van der Waals surface area contributed by atoms with E-state index in [-0.39, 0.29) is 29.4 Å². The first-order chi connectivity index (χ1) is 10.4. The average molecular weight is 381 g/mol. The predicted molar refractivity (Wildman–Crippen MR) is 93.3 cm³/mol. The number of sulfonamides is 1. The van der Waals surface area contributed by atoms with E-state index in [0.29, 0.717) is 29.7 Å². The van der Waals surface area contributed by atoms with Gasteiger partial charge in [0.1, 0.15) is 11.9 Å². The molecule has 0 bridgehead atoms. The second kappa shape index (κ2) is 7.15. The van der Waals surface area contributed by atoms with Crippen LogP contribution in [0.15, 0.2) is 17.0 Å². The van der Waals surface area contributed by atoms with E-state index in [4.69, 9.17) is 16.3 Å². The summed E-state index contributed by atoms with van der Waals surface area (Å²) in [7, 11) is -3.58. The molecule has 1 aromatic rings. The normalized spacial score (nSPS) is 27.0. The molecule has 23 heavy (non-hydrogen) atoms. The van der Waals surface area contributed by atoms with Crippen molar-refractivity contribution >= 4 is 34.0 Å². The van der Waals surface area contributed by atoms with Crippen LogP contribution in [-0.2, 0) is 16.4 Å². The van der Waals surface area contributed by atoms with E-state index in [0.717, 1.165) is 18.5 Å². The summed E-state index contributed by atoms with van der Waals surface area (Å²) in [6.45, 7) is 5.59. The summed E-state index contributed by atoms with van der Waals surface area (Å²) < 4.78 is 33.7. The quantitative estimate of drug-likeness (QED) is 0.844. The molecule has 130 valence electrons. The van der Waals surface area contributed by atoms with Gasteiger partial charge < -0.3 is 10.1 Å². The van der Waals surface area contributed by atoms with Crippen molar-refractivity contribution in [1.82, 2.24) is 10.0 Å². The first kappa shape index (κ1) is 18.8. The minimum Gasteiger partial charge on any atom is -0.489 e. The molecule has 0 spiro atoms. The molecular formula is C15H22Cl2N2O3S. The largest absolute Gasteiger partial charge is 0.489 e. The van der Waals surface area contributed by atoms with Gasteiger partial charge in [-0.25, -0.2) is 13.1 Å². The minimum atomic E-state index is -3.58. The highest BCUT2D eigenvalue weighted by Crippen LogP contribution is 2.38. The topological polar surface area (TPSA) is 67.4 Å². The molecule has 3 unspecified atom stereocenters. The van der Waals surface area contributed by atoms with Crippen LogP contribution >= 0.6 is 24.0 Å². The van der Waals surface area contributed by atoms with Crippen LogP contribution in [0, 0.1) is 5.92 Å². The number of halogens is 2. The van der Waals surface area contributed by atoms with Crippen molar-refractivity contribution in [2.24, 2.45) is 5.92 Å². The molecule has 2 aliphatic heterocycles. The molecule has 0 saturated carbocycles. The highest BCUT2D eigenvalue weighted by atomic mass is 35.5. The SMILES string of the molecule is CC1Cc2cc(S(=O)(=O)NC3CNCCC3C)cc(Cl)c2O1.Cl. The van der Waals surface area contributed by atoms with Crippen LogP contribution in [0.25, 0.3) is 0 Å². The molecular weight excluding hydrogens is 359 g/mol. The predicted octanol–water partition coefficient (Wildman–Crippen LogP) is 2.36. The second-order valence-electron chi connectivity index (χ2n) is 6.22. The number of nitrogens with one attached hydrogen (secondary N) is 2. The van der Waals surface area contributed by atoms with Crippen molar-refractivity contribution in [3.8, 4) is 5.75 Å². The zero-order valence-corrected chi connectivity index (χ0v) is 15.5. The fourth-order valence-corrected chi connectivity index (χ4v) is 4.80. The van der Waals surface area contributed by atoms with Gasteiger partial charge in [-0.1, -0.05) is 18.5 Å². The van der Waals surface area contributed by atoms with Crippen LogP contribution < -0.4 is 14.8 Å². The Bertz CT molecular complexity index is 682. The lowest BCUT2D eigenvalue weighted by atomic mass is 9.96. The third-order valence-electron chi connectivity index (χ3n) is 4.36. The average Bonchev–Trinajstić information content (AvgIpc) is 2.82. The van der Waals surface area contributed by atoms with Crippen LogP contribution in [0.1, 0.15) is 25.8 Å². The molecule has 5 nitrogen and oxygen atoms in total. The zero-order valence-electron chi connectivity index (χ0n) is 13.1. The molecule has 1 saturated heterocycles. The van der Waals surface area contributed by atoms with Gasteiger partial charge in [0.05, 0.1) is 9.92 Å². The number of piperidine rings is 1. The molecule has 3 atom stereocenters. The van der Waals surface area contributed by atoms with E-state index in [2.05, 4.69) is 17.0 Å². The third kappa shape index (κ3) is 3.94. The molecule has 2 N–H and O–H groups in total. The number of rotatable bonds is 3. The minimum absolute atomic E-state index is 0. The zero-order chi connectivity index (χ0) is 15.9. The van der Waals surface area contributed by atoms with Crippen LogP contribution in [0.5, 0.6) is 5.75 Å². The lowest BCUT2D eigenvalue weighted by molar-refractivity contribution is 0.255. The smallest absolute Gasteiger partial charge is 0.240 e. The Balaban J connectivity index is 0.00000192. The van der Waals surface area contributed by atoms with Crippen molar-refractivity contribution in [2.45, 2.75) is 43.7 Å². The van der Waals surface area contributed by atoms with Crippen molar-refractivity contribution in [3.63, 3.8) is 0 Å². The van der Waals surface area contributed by atoms with E-state index in [1.807, 2.05) is 6.92 Å². The highest BCUT2D eigenvalue weighted by molar-refractivity contribution is 7.89. The first-order valence-corrected chi connectivity index (χ1v) is 9.45. The number of ether oxygens (including phenoxy) is 1. The molecule has 1 fully saturated rings. The molecule has 3 rings (SSSR count). The maximum absolute atomic E-state index is 12.6. The summed E-state index contributed by atoms with van der Waals surface area (Å²) in [4.78, 5) is 0.215. The molecule has 2 heterocycles. The summed E-state index contributed by atoms with van der Waals surface area (Å²) in [6, 6.07) is 3.05. The first-order valence-electron chi connectivity index (χ1n) is 7.59.